The van der Waals surface area contributed by atoms with Gasteiger partial charge in [-0.2, -0.15) is 5.26 Å². The Labute approximate surface area is 113 Å². The summed E-state index contributed by atoms with van der Waals surface area (Å²) in [5.41, 5.74) is 0.529. The van der Waals surface area contributed by atoms with Gasteiger partial charge < -0.3 is 5.32 Å². The van der Waals surface area contributed by atoms with Gasteiger partial charge in [-0.15, -0.1) is 0 Å². The van der Waals surface area contributed by atoms with Gasteiger partial charge in [0.2, 0.25) is 5.91 Å². The summed E-state index contributed by atoms with van der Waals surface area (Å²) in [5.74, 6) is -0.603. The monoisotopic (exact) mass is 262 g/mol. The Kier molecular flexibility index (Phi) is 6.59. The molecule has 0 bridgehead atoms. The molecule has 0 aliphatic heterocycles. The molecule has 0 aromatic heterocycles. The second-order valence-corrected chi connectivity index (χ2v) is 4.51. The summed E-state index contributed by atoms with van der Waals surface area (Å²) in [6.07, 6.45) is 5.83. The number of halogens is 1. The molecule has 3 nitrogen and oxygen atoms in total. The lowest BCUT2D eigenvalue weighted by molar-refractivity contribution is -0.116. The van der Waals surface area contributed by atoms with Gasteiger partial charge in [0.05, 0.1) is 11.3 Å². The molecule has 1 amide bonds. The van der Waals surface area contributed by atoms with Crippen LogP contribution in [-0.4, -0.2) is 5.91 Å². The Morgan fingerprint density at radius 3 is 2.74 bits per heavy atom. The molecule has 0 atom stereocenters. The van der Waals surface area contributed by atoms with Crippen LogP contribution in [0.4, 0.5) is 10.1 Å². The lowest BCUT2D eigenvalue weighted by Gasteiger charge is -2.07. The molecule has 1 rings (SSSR count). The van der Waals surface area contributed by atoms with Crippen molar-refractivity contribution in [2.45, 2.75) is 45.4 Å². The Morgan fingerprint density at radius 1 is 1.32 bits per heavy atom. The third-order valence-electron chi connectivity index (χ3n) is 2.88. The summed E-state index contributed by atoms with van der Waals surface area (Å²) in [4.78, 5) is 11.7. The van der Waals surface area contributed by atoms with Gasteiger partial charge in [-0.25, -0.2) is 4.39 Å². The predicted molar refractivity (Wildman–Crippen MR) is 73.1 cm³/mol. The summed E-state index contributed by atoms with van der Waals surface area (Å²) in [5, 5.41) is 11.5. The molecular weight excluding hydrogens is 243 g/mol. The number of benzene rings is 1. The fourth-order valence-electron chi connectivity index (χ4n) is 1.82. The maximum atomic E-state index is 12.9. The molecule has 0 unspecified atom stereocenters. The van der Waals surface area contributed by atoms with Crippen LogP contribution in [0.1, 0.15) is 51.0 Å². The number of nitriles is 1. The molecule has 0 fully saturated rings. The molecule has 102 valence electrons. The van der Waals surface area contributed by atoms with E-state index >= 15 is 0 Å². The fourth-order valence-corrected chi connectivity index (χ4v) is 1.82. The van der Waals surface area contributed by atoms with E-state index in [0.717, 1.165) is 25.3 Å². The Balaban J connectivity index is 2.42. The predicted octanol–water partition coefficient (Wildman–Crippen LogP) is 4.00. The first-order valence-corrected chi connectivity index (χ1v) is 6.67. The molecule has 0 radical (unpaired) electrons. The van der Waals surface area contributed by atoms with Crippen molar-refractivity contribution in [1.29, 1.82) is 5.26 Å². The normalized spacial score (nSPS) is 9.95. The van der Waals surface area contributed by atoms with Crippen LogP contribution in [-0.2, 0) is 4.79 Å². The topological polar surface area (TPSA) is 52.9 Å². The fraction of sp³-hybridized carbons (Fsp3) is 0.467. The molecule has 0 heterocycles. The zero-order valence-corrected chi connectivity index (χ0v) is 11.2. The van der Waals surface area contributed by atoms with Crippen molar-refractivity contribution in [3.05, 3.63) is 29.6 Å². The van der Waals surface area contributed by atoms with Gasteiger partial charge in [-0.05, 0) is 24.6 Å². The second-order valence-electron chi connectivity index (χ2n) is 4.51. The number of rotatable bonds is 7. The highest BCUT2D eigenvalue weighted by Crippen LogP contribution is 2.16. The SMILES string of the molecule is CCCCCCCC(=O)Nc1ccc(F)cc1C#N. The second kappa shape index (κ2) is 8.25. The van der Waals surface area contributed by atoms with E-state index in [4.69, 9.17) is 5.26 Å². The number of carbonyl (C=O) groups excluding carboxylic acids is 1. The minimum absolute atomic E-state index is 0.125. The average Bonchev–Trinajstić information content (AvgIpc) is 2.40. The molecular formula is C15H19FN2O. The number of nitrogens with one attached hydrogen (secondary N) is 1. The van der Waals surface area contributed by atoms with Gasteiger partial charge >= 0.3 is 0 Å². The van der Waals surface area contributed by atoms with Crippen molar-refractivity contribution < 1.29 is 9.18 Å². The maximum Gasteiger partial charge on any atom is 0.224 e. The third kappa shape index (κ3) is 5.52. The molecule has 0 saturated carbocycles. The van der Waals surface area contributed by atoms with E-state index in [-0.39, 0.29) is 11.5 Å². The largest absolute Gasteiger partial charge is 0.325 e. The highest BCUT2D eigenvalue weighted by atomic mass is 19.1. The van der Waals surface area contributed by atoms with Crippen molar-refractivity contribution in [2.75, 3.05) is 5.32 Å². The van der Waals surface area contributed by atoms with Gasteiger partial charge in [-0.3, -0.25) is 4.79 Å². The van der Waals surface area contributed by atoms with E-state index in [0.29, 0.717) is 12.1 Å². The number of unbranched alkanes of at least 4 members (excludes halogenated alkanes) is 4. The molecule has 0 spiro atoms. The van der Waals surface area contributed by atoms with Crippen LogP contribution in [0.15, 0.2) is 18.2 Å². The molecule has 0 aliphatic carbocycles. The number of anilines is 1. The van der Waals surface area contributed by atoms with Crippen LogP contribution < -0.4 is 5.32 Å². The maximum absolute atomic E-state index is 12.9. The molecule has 0 aliphatic rings. The molecule has 0 saturated heterocycles. The number of carbonyl (C=O) groups is 1. The quantitative estimate of drug-likeness (QED) is 0.755. The van der Waals surface area contributed by atoms with Crippen LogP contribution in [0.3, 0.4) is 0 Å². The standard InChI is InChI=1S/C15H19FN2O/c1-2-3-4-5-6-7-15(19)18-14-9-8-13(16)10-12(14)11-17/h8-10H,2-7H2,1H3,(H,18,19). The zero-order chi connectivity index (χ0) is 14.1. The van der Waals surface area contributed by atoms with Crippen LogP contribution in [0.25, 0.3) is 0 Å². The van der Waals surface area contributed by atoms with Crippen LogP contribution in [0.5, 0.6) is 0 Å². The van der Waals surface area contributed by atoms with Gasteiger partial charge in [0, 0.05) is 6.42 Å². The van der Waals surface area contributed by atoms with E-state index in [2.05, 4.69) is 12.2 Å². The first-order chi connectivity index (χ1) is 9.17. The van der Waals surface area contributed by atoms with Gasteiger partial charge in [0.25, 0.3) is 0 Å². The Hall–Kier alpha value is -1.89. The van der Waals surface area contributed by atoms with Crippen molar-refractivity contribution >= 4 is 11.6 Å². The van der Waals surface area contributed by atoms with E-state index < -0.39 is 5.82 Å². The first kappa shape index (κ1) is 15.2. The lowest BCUT2D eigenvalue weighted by Crippen LogP contribution is -2.12. The van der Waals surface area contributed by atoms with Crippen molar-refractivity contribution in [3.63, 3.8) is 0 Å². The van der Waals surface area contributed by atoms with Crippen molar-refractivity contribution in [1.82, 2.24) is 0 Å². The van der Waals surface area contributed by atoms with Crippen LogP contribution in [0, 0.1) is 17.1 Å². The highest BCUT2D eigenvalue weighted by Gasteiger charge is 2.07. The Morgan fingerprint density at radius 2 is 2.05 bits per heavy atom. The zero-order valence-electron chi connectivity index (χ0n) is 11.2. The number of hydrogen-bond donors (Lipinski definition) is 1. The third-order valence-corrected chi connectivity index (χ3v) is 2.88. The summed E-state index contributed by atoms with van der Waals surface area (Å²) in [6.45, 7) is 2.14. The van der Waals surface area contributed by atoms with Gasteiger partial charge in [0.15, 0.2) is 0 Å². The summed E-state index contributed by atoms with van der Waals surface area (Å²) in [6, 6.07) is 5.65. The molecule has 19 heavy (non-hydrogen) atoms. The van der Waals surface area contributed by atoms with E-state index in [9.17, 15) is 9.18 Å². The summed E-state index contributed by atoms with van der Waals surface area (Å²) in [7, 11) is 0. The summed E-state index contributed by atoms with van der Waals surface area (Å²) < 4.78 is 12.9. The number of hydrogen-bond acceptors (Lipinski definition) is 2. The summed E-state index contributed by atoms with van der Waals surface area (Å²) >= 11 is 0. The van der Waals surface area contributed by atoms with E-state index in [1.165, 1.54) is 25.0 Å². The molecule has 1 N–H and O–H groups in total. The van der Waals surface area contributed by atoms with Crippen LogP contribution >= 0.6 is 0 Å². The molecule has 4 heteroatoms. The molecule has 1 aromatic carbocycles. The van der Waals surface area contributed by atoms with E-state index in [1.54, 1.807) is 0 Å². The van der Waals surface area contributed by atoms with Crippen molar-refractivity contribution in [3.8, 4) is 6.07 Å². The number of nitrogens with zero attached hydrogens (tertiary/aromatic N) is 1. The minimum Gasteiger partial charge on any atom is -0.325 e. The van der Waals surface area contributed by atoms with Gasteiger partial charge in [0.1, 0.15) is 11.9 Å². The minimum atomic E-state index is -0.478. The highest BCUT2D eigenvalue weighted by molar-refractivity contribution is 5.92. The van der Waals surface area contributed by atoms with E-state index in [1.807, 2.05) is 6.07 Å². The van der Waals surface area contributed by atoms with Gasteiger partial charge in [-0.1, -0.05) is 32.6 Å². The first-order valence-electron chi connectivity index (χ1n) is 6.67. The lowest BCUT2D eigenvalue weighted by atomic mass is 10.1. The molecule has 1 aromatic rings. The average molecular weight is 262 g/mol. The van der Waals surface area contributed by atoms with Crippen LogP contribution in [0.2, 0.25) is 0 Å². The number of amides is 1. The Bertz CT molecular complexity index is 466. The van der Waals surface area contributed by atoms with Crippen molar-refractivity contribution in [2.24, 2.45) is 0 Å². The smallest absolute Gasteiger partial charge is 0.224 e.